The van der Waals surface area contributed by atoms with E-state index in [9.17, 15) is 4.79 Å². The van der Waals surface area contributed by atoms with E-state index >= 15 is 0 Å². The molecule has 4 saturated carbocycles. The summed E-state index contributed by atoms with van der Waals surface area (Å²) in [6.45, 7) is 2.00. The Morgan fingerprint density at radius 1 is 1.11 bits per heavy atom. The summed E-state index contributed by atoms with van der Waals surface area (Å²) in [5, 5.41) is 7.56. The van der Waals surface area contributed by atoms with Crippen LogP contribution in [0.3, 0.4) is 0 Å². The highest BCUT2D eigenvalue weighted by molar-refractivity contribution is 5.73. The van der Waals surface area contributed by atoms with Gasteiger partial charge >= 0.3 is 5.69 Å². The number of fused-ring (bicyclic) bond motifs is 2. The van der Waals surface area contributed by atoms with Gasteiger partial charge in [-0.1, -0.05) is 0 Å². The summed E-state index contributed by atoms with van der Waals surface area (Å²) in [5.74, 6) is 0.931. The van der Waals surface area contributed by atoms with Crippen LogP contribution in [0.1, 0.15) is 37.7 Å². The predicted octanol–water partition coefficient (Wildman–Crippen LogP) is 2.75. The van der Waals surface area contributed by atoms with E-state index in [1.807, 2.05) is 23.8 Å². The Morgan fingerprint density at radius 3 is 2.58 bits per heavy atom. The second kappa shape index (κ2) is 7.36. The van der Waals surface area contributed by atoms with Gasteiger partial charge in [0.05, 0.1) is 23.6 Å². The topological polar surface area (TPSA) is 113 Å². The Balaban J connectivity index is 1.33. The van der Waals surface area contributed by atoms with Crippen molar-refractivity contribution < 1.29 is 9.47 Å². The van der Waals surface area contributed by atoms with Crippen LogP contribution in [0.2, 0.25) is 0 Å². The van der Waals surface area contributed by atoms with Crippen molar-refractivity contribution in [1.82, 2.24) is 33.7 Å². The van der Waals surface area contributed by atoms with Gasteiger partial charge in [0.25, 0.3) is 0 Å². The lowest BCUT2D eigenvalue weighted by Crippen LogP contribution is -2.66. The molecule has 0 saturated heterocycles. The van der Waals surface area contributed by atoms with E-state index in [1.165, 1.54) is 6.33 Å². The van der Waals surface area contributed by atoms with Gasteiger partial charge in [0.15, 0.2) is 17.1 Å². The molecule has 2 atom stereocenters. The molecule has 0 aliphatic heterocycles. The van der Waals surface area contributed by atoms with Crippen molar-refractivity contribution in [2.75, 3.05) is 19.5 Å². The fraction of sp³-hybridized carbons (Fsp3) is 0.560. The van der Waals surface area contributed by atoms with Crippen molar-refractivity contribution in [3.05, 3.63) is 40.8 Å². The lowest BCUT2D eigenvalue weighted by molar-refractivity contribution is -0.328. The number of imidazole rings is 1. The number of anilines is 2. The van der Waals surface area contributed by atoms with Gasteiger partial charge in [0.2, 0.25) is 5.95 Å². The van der Waals surface area contributed by atoms with Crippen molar-refractivity contribution in [2.24, 2.45) is 24.8 Å². The molecule has 4 aromatic rings. The van der Waals surface area contributed by atoms with E-state index in [4.69, 9.17) is 14.5 Å². The summed E-state index contributed by atoms with van der Waals surface area (Å²) >= 11 is 0. The zero-order chi connectivity index (χ0) is 24.8. The molecule has 4 aliphatic rings. The molecule has 2 unspecified atom stereocenters. The molecular formula is C25H30N8O3. The minimum absolute atomic E-state index is 0.0425. The summed E-state index contributed by atoms with van der Waals surface area (Å²) in [4.78, 5) is 27.4. The number of pyridine rings is 1. The largest absolute Gasteiger partial charge is 0.353 e. The van der Waals surface area contributed by atoms with Gasteiger partial charge in [-0.05, 0) is 56.6 Å². The number of aryl methyl sites for hydroxylation is 2. The Hall–Kier alpha value is -3.31. The number of rotatable bonds is 5. The maximum atomic E-state index is 13.7. The van der Waals surface area contributed by atoms with E-state index in [0.717, 1.165) is 54.5 Å². The summed E-state index contributed by atoms with van der Waals surface area (Å²) in [6, 6.07) is 1.96. The molecule has 0 radical (unpaired) electrons. The fourth-order valence-electron chi connectivity index (χ4n) is 7.72. The summed E-state index contributed by atoms with van der Waals surface area (Å²) < 4.78 is 17.4. The van der Waals surface area contributed by atoms with Crippen LogP contribution in [0.4, 0.5) is 11.6 Å². The molecule has 4 heterocycles. The van der Waals surface area contributed by atoms with Crippen LogP contribution in [0.5, 0.6) is 0 Å². The first-order valence-corrected chi connectivity index (χ1v) is 12.5. The standard InChI is InChI=1S/C25H30N8O3/c1-14-5-20-27-13-28-32(20)12-18(14)29-22-26-11-19-21(30-22)33(23(34)31(19)2)24-8-15-6-16(9-24)25(35-3,36-4)17(7-15)10-24/h5,11-13,15-17H,6-10H2,1-4H3,(H,26,29,30). The average Bonchev–Trinajstić information content (AvgIpc) is 3.41. The van der Waals surface area contributed by atoms with Crippen molar-refractivity contribution in [3.8, 4) is 0 Å². The molecule has 1 N–H and O–H groups in total. The molecule has 0 aromatic carbocycles. The normalized spacial score (nSPS) is 28.4. The number of hydrogen-bond acceptors (Lipinski definition) is 8. The fourth-order valence-corrected chi connectivity index (χ4v) is 7.72. The third kappa shape index (κ3) is 2.78. The highest BCUT2D eigenvalue weighted by Gasteiger charge is 2.64. The molecule has 11 nitrogen and oxygen atoms in total. The van der Waals surface area contributed by atoms with Crippen LogP contribution in [0, 0.1) is 24.7 Å². The van der Waals surface area contributed by atoms with Gasteiger partial charge in [-0.2, -0.15) is 10.1 Å². The molecule has 4 bridgehead atoms. The lowest BCUT2D eigenvalue weighted by atomic mass is 9.50. The lowest BCUT2D eigenvalue weighted by Gasteiger charge is -2.63. The van der Waals surface area contributed by atoms with Crippen LogP contribution in [-0.4, -0.2) is 53.7 Å². The van der Waals surface area contributed by atoms with Gasteiger partial charge < -0.3 is 14.8 Å². The third-order valence-electron chi connectivity index (χ3n) is 9.08. The highest BCUT2D eigenvalue weighted by Crippen LogP contribution is 2.63. The Labute approximate surface area is 207 Å². The van der Waals surface area contributed by atoms with Crippen molar-refractivity contribution in [1.29, 1.82) is 0 Å². The summed E-state index contributed by atoms with van der Waals surface area (Å²) in [5.41, 5.74) is 3.67. The average molecular weight is 491 g/mol. The Bertz CT molecular complexity index is 1550. The number of aromatic nitrogens is 7. The van der Waals surface area contributed by atoms with E-state index in [1.54, 1.807) is 36.5 Å². The first-order chi connectivity index (χ1) is 17.4. The second-order valence-electron chi connectivity index (χ2n) is 10.8. The van der Waals surface area contributed by atoms with Gasteiger partial charge in [-0.25, -0.2) is 19.3 Å². The molecule has 188 valence electrons. The van der Waals surface area contributed by atoms with Crippen LogP contribution in [0.25, 0.3) is 16.8 Å². The predicted molar refractivity (Wildman–Crippen MR) is 132 cm³/mol. The van der Waals surface area contributed by atoms with Crippen LogP contribution < -0.4 is 11.0 Å². The van der Waals surface area contributed by atoms with Crippen LogP contribution >= 0.6 is 0 Å². The molecule has 0 amide bonds. The SMILES string of the molecule is COC1(OC)C2CC3CC1CC(n1c(=O)n(C)c4cnc(Nc5cn6ncnc6cc5C)nc41)(C3)C2. The number of ether oxygens (including phenoxy) is 2. The van der Waals surface area contributed by atoms with E-state index in [-0.39, 0.29) is 23.1 Å². The molecule has 11 heteroatoms. The number of nitrogens with one attached hydrogen (secondary N) is 1. The molecular weight excluding hydrogens is 460 g/mol. The summed E-state index contributed by atoms with van der Waals surface area (Å²) in [6.07, 6.45) is 9.95. The molecule has 4 fully saturated rings. The molecule has 8 rings (SSSR count). The number of nitrogens with zero attached hydrogens (tertiary/aromatic N) is 7. The molecule has 36 heavy (non-hydrogen) atoms. The van der Waals surface area contributed by atoms with Gasteiger partial charge in [0, 0.05) is 33.1 Å². The third-order valence-corrected chi connectivity index (χ3v) is 9.08. The Kier molecular flexibility index (Phi) is 4.48. The van der Waals surface area contributed by atoms with Gasteiger partial charge in [-0.3, -0.25) is 9.13 Å². The van der Waals surface area contributed by atoms with Gasteiger partial charge in [-0.15, -0.1) is 0 Å². The van der Waals surface area contributed by atoms with Crippen molar-refractivity contribution >= 4 is 28.4 Å². The van der Waals surface area contributed by atoms with Crippen LogP contribution in [0.15, 0.2) is 29.6 Å². The first kappa shape index (κ1) is 21.9. The van der Waals surface area contributed by atoms with E-state index < -0.39 is 5.79 Å². The minimum Gasteiger partial charge on any atom is -0.353 e. The van der Waals surface area contributed by atoms with Crippen molar-refractivity contribution in [3.63, 3.8) is 0 Å². The van der Waals surface area contributed by atoms with E-state index in [2.05, 4.69) is 20.4 Å². The smallest absolute Gasteiger partial charge is 0.330 e. The molecule has 0 spiro atoms. The summed E-state index contributed by atoms with van der Waals surface area (Å²) in [7, 11) is 5.31. The highest BCUT2D eigenvalue weighted by atomic mass is 16.7. The maximum Gasteiger partial charge on any atom is 0.330 e. The second-order valence-corrected chi connectivity index (χ2v) is 10.8. The first-order valence-electron chi connectivity index (χ1n) is 12.5. The van der Waals surface area contributed by atoms with Crippen LogP contribution in [-0.2, 0) is 22.1 Å². The van der Waals surface area contributed by atoms with Crippen molar-refractivity contribution in [2.45, 2.75) is 50.4 Å². The number of hydrogen-bond donors (Lipinski definition) is 1. The van der Waals surface area contributed by atoms with Gasteiger partial charge in [0.1, 0.15) is 11.8 Å². The quantitative estimate of drug-likeness (QED) is 0.425. The zero-order valence-electron chi connectivity index (χ0n) is 20.9. The molecule has 4 aliphatic carbocycles. The molecule has 4 aromatic heterocycles. The maximum absolute atomic E-state index is 13.7. The Morgan fingerprint density at radius 2 is 1.86 bits per heavy atom. The van der Waals surface area contributed by atoms with E-state index in [0.29, 0.717) is 17.5 Å². The zero-order valence-corrected chi connectivity index (χ0v) is 20.9. The monoisotopic (exact) mass is 490 g/mol. The minimum atomic E-state index is -0.562. The number of methoxy groups -OCH3 is 2.